The van der Waals surface area contributed by atoms with E-state index in [2.05, 4.69) is 33.2 Å². The Morgan fingerprint density at radius 1 is 1.26 bits per heavy atom. The van der Waals surface area contributed by atoms with Gasteiger partial charge in [0.05, 0.1) is 11.6 Å². The van der Waals surface area contributed by atoms with E-state index in [1.54, 1.807) is 24.3 Å². The molecule has 0 atom stereocenters. The maximum Gasteiger partial charge on any atom is 0.135 e. The lowest BCUT2D eigenvalue weighted by atomic mass is 10.2. The quantitative estimate of drug-likeness (QED) is 0.799. The Labute approximate surface area is 111 Å². The van der Waals surface area contributed by atoms with E-state index in [-0.39, 0.29) is 0 Å². The number of nitriles is 1. The Bertz CT molecular complexity index is 615. The normalized spacial score (nSPS) is 9.42. The molecule has 1 aromatic heterocycles. The second-order valence-electron chi connectivity index (χ2n) is 3.78. The van der Waals surface area contributed by atoms with Crippen LogP contribution in [0.15, 0.2) is 49.3 Å². The number of benzene rings is 1. The number of aromatic nitrogens is 2. The molecule has 2 rings (SSSR count). The van der Waals surface area contributed by atoms with Gasteiger partial charge in [-0.05, 0) is 18.2 Å². The average Bonchev–Trinajstić information content (AvgIpc) is 2.46. The molecule has 1 heterocycles. The standard InChI is InChI=1S/C14H13N5/c1-2-6-16-13-8-14(18-10-17-13)19-12-5-3-4-11(7-12)9-15/h2-5,7-8,10H,1,6H2,(H2,16,17,18,19). The van der Waals surface area contributed by atoms with Gasteiger partial charge in [0.2, 0.25) is 0 Å². The largest absolute Gasteiger partial charge is 0.366 e. The Morgan fingerprint density at radius 2 is 2.11 bits per heavy atom. The van der Waals surface area contributed by atoms with Gasteiger partial charge >= 0.3 is 0 Å². The molecule has 0 aliphatic rings. The minimum absolute atomic E-state index is 0.601. The van der Waals surface area contributed by atoms with E-state index in [1.807, 2.05) is 12.1 Å². The van der Waals surface area contributed by atoms with E-state index >= 15 is 0 Å². The molecule has 2 N–H and O–H groups in total. The van der Waals surface area contributed by atoms with Crippen LogP contribution >= 0.6 is 0 Å². The highest BCUT2D eigenvalue weighted by Gasteiger charge is 1.99. The molecule has 2 aromatic rings. The van der Waals surface area contributed by atoms with Crippen LogP contribution in [0.1, 0.15) is 5.56 Å². The van der Waals surface area contributed by atoms with Crippen LogP contribution in [0, 0.1) is 11.3 Å². The lowest BCUT2D eigenvalue weighted by Gasteiger charge is -2.07. The van der Waals surface area contributed by atoms with Gasteiger partial charge in [0.15, 0.2) is 0 Å². The van der Waals surface area contributed by atoms with Gasteiger partial charge in [0, 0.05) is 18.3 Å². The molecule has 5 heteroatoms. The number of hydrogen-bond donors (Lipinski definition) is 2. The van der Waals surface area contributed by atoms with Crippen molar-refractivity contribution in [1.29, 1.82) is 5.26 Å². The van der Waals surface area contributed by atoms with Crippen molar-refractivity contribution in [2.24, 2.45) is 0 Å². The zero-order chi connectivity index (χ0) is 13.5. The van der Waals surface area contributed by atoms with Gasteiger partial charge in [-0.1, -0.05) is 12.1 Å². The van der Waals surface area contributed by atoms with E-state index < -0.39 is 0 Å². The van der Waals surface area contributed by atoms with Crippen molar-refractivity contribution >= 4 is 17.3 Å². The summed E-state index contributed by atoms with van der Waals surface area (Å²) in [5, 5.41) is 15.1. The monoisotopic (exact) mass is 251 g/mol. The lowest BCUT2D eigenvalue weighted by Crippen LogP contribution is -2.02. The predicted molar refractivity (Wildman–Crippen MR) is 75.2 cm³/mol. The maximum atomic E-state index is 8.85. The highest BCUT2D eigenvalue weighted by Crippen LogP contribution is 2.17. The zero-order valence-electron chi connectivity index (χ0n) is 10.3. The smallest absolute Gasteiger partial charge is 0.135 e. The number of hydrogen-bond acceptors (Lipinski definition) is 5. The van der Waals surface area contributed by atoms with E-state index in [0.717, 1.165) is 5.69 Å². The molecule has 19 heavy (non-hydrogen) atoms. The molecule has 0 spiro atoms. The third kappa shape index (κ3) is 3.54. The molecule has 0 unspecified atom stereocenters. The number of rotatable bonds is 5. The van der Waals surface area contributed by atoms with Crippen molar-refractivity contribution in [2.75, 3.05) is 17.2 Å². The van der Waals surface area contributed by atoms with Gasteiger partial charge in [0.1, 0.15) is 18.0 Å². The number of anilines is 3. The molecule has 0 aliphatic heterocycles. The summed E-state index contributed by atoms with van der Waals surface area (Å²) in [5.41, 5.74) is 1.41. The van der Waals surface area contributed by atoms with E-state index in [1.165, 1.54) is 6.33 Å². The molecular weight excluding hydrogens is 238 g/mol. The second-order valence-corrected chi connectivity index (χ2v) is 3.78. The first-order valence-corrected chi connectivity index (χ1v) is 5.76. The first-order chi connectivity index (χ1) is 9.31. The van der Waals surface area contributed by atoms with Crippen LogP contribution < -0.4 is 10.6 Å². The van der Waals surface area contributed by atoms with E-state index in [9.17, 15) is 0 Å². The fraction of sp³-hybridized carbons (Fsp3) is 0.0714. The minimum Gasteiger partial charge on any atom is -0.366 e. The summed E-state index contributed by atoms with van der Waals surface area (Å²) >= 11 is 0. The molecule has 1 aromatic carbocycles. The van der Waals surface area contributed by atoms with Crippen LogP contribution in [-0.4, -0.2) is 16.5 Å². The Hall–Kier alpha value is -2.87. The first kappa shape index (κ1) is 12.6. The molecule has 0 bridgehead atoms. The van der Waals surface area contributed by atoms with Crippen molar-refractivity contribution in [3.05, 3.63) is 54.9 Å². The first-order valence-electron chi connectivity index (χ1n) is 5.76. The molecule has 0 fully saturated rings. The molecule has 94 valence electrons. The highest BCUT2D eigenvalue weighted by molar-refractivity contribution is 5.60. The average molecular weight is 251 g/mol. The zero-order valence-corrected chi connectivity index (χ0v) is 10.3. The highest BCUT2D eigenvalue weighted by atomic mass is 15.1. The summed E-state index contributed by atoms with van der Waals surface area (Å²) in [6.07, 6.45) is 3.23. The summed E-state index contributed by atoms with van der Waals surface area (Å²) in [6.45, 7) is 4.27. The number of nitrogens with one attached hydrogen (secondary N) is 2. The molecule has 0 saturated carbocycles. The SMILES string of the molecule is C=CCNc1cc(Nc2cccc(C#N)c2)ncn1. The molecule has 0 radical (unpaired) electrons. The van der Waals surface area contributed by atoms with Gasteiger partial charge in [-0.15, -0.1) is 6.58 Å². The maximum absolute atomic E-state index is 8.85. The van der Waals surface area contributed by atoms with Crippen molar-refractivity contribution < 1.29 is 0 Å². The van der Waals surface area contributed by atoms with Gasteiger partial charge < -0.3 is 10.6 Å². The van der Waals surface area contributed by atoms with Gasteiger partial charge in [-0.3, -0.25) is 0 Å². The molecule has 0 amide bonds. The lowest BCUT2D eigenvalue weighted by molar-refractivity contribution is 1.14. The fourth-order valence-corrected chi connectivity index (χ4v) is 1.51. The third-order valence-electron chi connectivity index (χ3n) is 2.36. The van der Waals surface area contributed by atoms with Crippen LogP contribution in [0.2, 0.25) is 0 Å². The van der Waals surface area contributed by atoms with Crippen molar-refractivity contribution in [2.45, 2.75) is 0 Å². The molecule has 0 saturated heterocycles. The summed E-state index contributed by atoms with van der Waals surface area (Å²) in [7, 11) is 0. The Kier molecular flexibility index (Phi) is 4.09. The van der Waals surface area contributed by atoms with E-state index in [0.29, 0.717) is 23.7 Å². The van der Waals surface area contributed by atoms with Crippen LogP contribution in [-0.2, 0) is 0 Å². The van der Waals surface area contributed by atoms with Crippen LogP contribution in [0.3, 0.4) is 0 Å². The van der Waals surface area contributed by atoms with Gasteiger partial charge in [-0.2, -0.15) is 5.26 Å². The summed E-state index contributed by atoms with van der Waals surface area (Å²) in [5.74, 6) is 1.38. The van der Waals surface area contributed by atoms with Gasteiger partial charge in [0.25, 0.3) is 0 Å². The van der Waals surface area contributed by atoms with Crippen LogP contribution in [0.25, 0.3) is 0 Å². The third-order valence-corrected chi connectivity index (χ3v) is 2.36. The van der Waals surface area contributed by atoms with Crippen molar-refractivity contribution in [3.8, 4) is 6.07 Å². The van der Waals surface area contributed by atoms with E-state index in [4.69, 9.17) is 5.26 Å². The van der Waals surface area contributed by atoms with Crippen molar-refractivity contribution in [1.82, 2.24) is 9.97 Å². The van der Waals surface area contributed by atoms with Crippen LogP contribution in [0.5, 0.6) is 0 Å². The Morgan fingerprint density at radius 3 is 2.89 bits per heavy atom. The molecule has 0 aliphatic carbocycles. The number of nitrogens with zero attached hydrogens (tertiary/aromatic N) is 3. The predicted octanol–water partition coefficient (Wildman–Crippen LogP) is 2.69. The minimum atomic E-state index is 0.601. The fourth-order valence-electron chi connectivity index (χ4n) is 1.51. The Balaban J connectivity index is 2.14. The van der Waals surface area contributed by atoms with Gasteiger partial charge in [-0.25, -0.2) is 9.97 Å². The second kappa shape index (κ2) is 6.17. The van der Waals surface area contributed by atoms with Crippen LogP contribution in [0.4, 0.5) is 17.3 Å². The molecular formula is C14H13N5. The molecule has 5 nitrogen and oxygen atoms in total. The van der Waals surface area contributed by atoms with Crippen molar-refractivity contribution in [3.63, 3.8) is 0 Å². The summed E-state index contributed by atoms with van der Waals surface area (Å²) in [4.78, 5) is 8.22. The topological polar surface area (TPSA) is 73.6 Å². The summed E-state index contributed by atoms with van der Waals surface area (Å²) in [6, 6.07) is 11.1. The summed E-state index contributed by atoms with van der Waals surface area (Å²) < 4.78 is 0.